The Morgan fingerprint density at radius 2 is 1.90 bits per heavy atom. The van der Waals surface area contributed by atoms with Gasteiger partial charge in [0.05, 0.1) is 31.4 Å². The molecule has 1 N–H and O–H groups in total. The average molecular weight is 446 g/mol. The number of ether oxygens (including phenoxy) is 3. The van der Waals surface area contributed by atoms with Crippen LogP contribution in [-0.2, 0) is 4.79 Å². The van der Waals surface area contributed by atoms with Crippen LogP contribution in [-0.4, -0.2) is 42.1 Å². The van der Waals surface area contributed by atoms with Gasteiger partial charge in [0.1, 0.15) is 11.3 Å². The molecule has 2 aromatic rings. The molecular formula is C21H19NO6S2. The van der Waals surface area contributed by atoms with Crippen molar-refractivity contribution >= 4 is 51.9 Å². The molecule has 1 saturated heterocycles. The molecule has 7 nitrogen and oxygen atoms in total. The van der Waals surface area contributed by atoms with Gasteiger partial charge in [0, 0.05) is 0 Å². The number of para-hydroxylation sites is 2. The number of carboxylic acids is 1. The molecule has 0 saturated carbocycles. The second-order valence-electron chi connectivity index (χ2n) is 5.99. The van der Waals surface area contributed by atoms with Gasteiger partial charge in [0.2, 0.25) is 0 Å². The number of carbonyl (C=O) groups is 2. The SMILES string of the molecule is CCOc1ccccc1N1C(=O)/C(=C\c2ccc(OC)c(OC)c2C(=O)O)SC1=S. The number of anilines is 1. The third kappa shape index (κ3) is 3.99. The molecule has 1 heterocycles. The highest BCUT2D eigenvalue weighted by molar-refractivity contribution is 8.27. The predicted molar refractivity (Wildman–Crippen MR) is 120 cm³/mol. The number of aromatic carboxylic acids is 1. The van der Waals surface area contributed by atoms with E-state index in [2.05, 4.69) is 0 Å². The summed E-state index contributed by atoms with van der Waals surface area (Å²) in [6.45, 7) is 2.29. The number of carboxylic acid groups (broad SMARTS) is 1. The van der Waals surface area contributed by atoms with E-state index in [1.54, 1.807) is 30.3 Å². The lowest BCUT2D eigenvalue weighted by Crippen LogP contribution is -2.28. The van der Waals surface area contributed by atoms with E-state index in [1.165, 1.54) is 25.2 Å². The van der Waals surface area contributed by atoms with E-state index < -0.39 is 5.97 Å². The summed E-state index contributed by atoms with van der Waals surface area (Å²) in [7, 11) is 2.78. The van der Waals surface area contributed by atoms with Crippen molar-refractivity contribution in [3.05, 3.63) is 52.4 Å². The average Bonchev–Trinajstić information content (AvgIpc) is 3.01. The van der Waals surface area contributed by atoms with Crippen LogP contribution in [0.2, 0.25) is 0 Å². The van der Waals surface area contributed by atoms with Crippen LogP contribution in [0, 0.1) is 0 Å². The Morgan fingerprint density at radius 3 is 2.53 bits per heavy atom. The standard InChI is InChI=1S/C21H19NO6S2/c1-4-28-14-8-6-5-7-13(14)22-19(23)16(30-21(22)29)11-12-9-10-15(26-2)18(27-3)17(12)20(24)25/h5-11H,4H2,1-3H3,(H,24,25)/b16-11+. The van der Waals surface area contributed by atoms with Crippen molar-refractivity contribution in [2.45, 2.75) is 6.92 Å². The van der Waals surface area contributed by atoms with Crippen molar-refractivity contribution in [3.63, 3.8) is 0 Å². The number of benzene rings is 2. The molecule has 0 radical (unpaired) electrons. The Labute approximate surface area is 183 Å². The number of hydrogen-bond donors (Lipinski definition) is 1. The molecular weight excluding hydrogens is 426 g/mol. The molecule has 2 aromatic carbocycles. The maximum Gasteiger partial charge on any atom is 0.340 e. The van der Waals surface area contributed by atoms with Gasteiger partial charge in [0.25, 0.3) is 5.91 Å². The van der Waals surface area contributed by atoms with E-state index >= 15 is 0 Å². The molecule has 0 unspecified atom stereocenters. The molecule has 1 amide bonds. The fourth-order valence-corrected chi connectivity index (χ4v) is 4.29. The molecule has 0 aromatic heterocycles. The minimum absolute atomic E-state index is 0.0796. The first-order chi connectivity index (χ1) is 14.4. The number of thioether (sulfide) groups is 1. The summed E-state index contributed by atoms with van der Waals surface area (Å²) < 4.78 is 16.4. The van der Waals surface area contributed by atoms with Crippen molar-refractivity contribution in [1.82, 2.24) is 0 Å². The molecule has 0 atom stereocenters. The zero-order valence-corrected chi connectivity index (χ0v) is 18.1. The largest absolute Gasteiger partial charge is 0.493 e. The smallest absolute Gasteiger partial charge is 0.340 e. The molecule has 0 aliphatic carbocycles. The molecule has 1 fully saturated rings. The zero-order valence-electron chi connectivity index (χ0n) is 16.5. The molecule has 1 aliphatic rings. The zero-order chi connectivity index (χ0) is 21.8. The van der Waals surface area contributed by atoms with Crippen LogP contribution in [0.25, 0.3) is 6.08 Å². The highest BCUT2D eigenvalue weighted by Gasteiger charge is 2.35. The summed E-state index contributed by atoms with van der Waals surface area (Å²) in [6, 6.07) is 10.3. The van der Waals surface area contributed by atoms with Gasteiger partial charge in [-0.15, -0.1) is 0 Å². The Balaban J connectivity index is 2.06. The van der Waals surface area contributed by atoms with Crippen LogP contribution in [0.3, 0.4) is 0 Å². The summed E-state index contributed by atoms with van der Waals surface area (Å²) in [5.41, 5.74) is 0.742. The van der Waals surface area contributed by atoms with Crippen molar-refractivity contribution in [3.8, 4) is 17.2 Å². The summed E-state index contributed by atoms with van der Waals surface area (Å²) >= 11 is 6.51. The van der Waals surface area contributed by atoms with Crippen LogP contribution in [0.5, 0.6) is 17.2 Å². The third-order valence-electron chi connectivity index (χ3n) is 4.28. The minimum atomic E-state index is -1.20. The van der Waals surface area contributed by atoms with Crippen molar-refractivity contribution in [2.75, 3.05) is 25.7 Å². The lowest BCUT2D eigenvalue weighted by molar-refractivity contribution is -0.113. The molecule has 30 heavy (non-hydrogen) atoms. The first-order valence-electron chi connectivity index (χ1n) is 8.91. The predicted octanol–water partition coefficient (Wildman–Crippen LogP) is 4.21. The first kappa shape index (κ1) is 21.7. The van der Waals surface area contributed by atoms with E-state index in [1.807, 2.05) is 13.0 Å². The van der Waals surface area contributed by atoms with Crippen LogP contribution < -0.4 is 19.1 Å². The Kier molecular flexibility index (Phi) is 6.63. The fraction of sp³-hybridized carbons (Fsp3) is 0.190. The molecule has 9 heteroatoms. The van der Waals surface area contributed by atoms with Crippen LogP contribution >= 0.6 is 24.0 Å². The fourth-order valence-electron chi connectivity index (χ4n) is 3.02. The number of methoxy groups -OCH3 is 2. The highest BCUT2D eigenvalue weighted by atomic mass is 32.2. The molecule has 0 spiro atoms. The highest BCUT2D eigenvalue weighted by Crippen LogP contribution is 2.41. The summed E-state index contributed by atoms with van der Waals surface area (Å²) in [5.74, 6) is -0.659. The van der Waals surface area contributed by atoms with E-state index in [4.69, 9.17) is 26.4 Å². The van der Waals surface area contributed by atoms with E-state index in [0.29, 0.717) is 32.8 Å². The van der Waals surface area contributed by atoms with E-state index in [9.17, 15) is 14.7 Å². The summed E-state index contributed by atoms with van der Waals surface area (Å²) in [6.07, 6.45) is 1.49. The Hall–Kier alpha value is -3.04. The third-order valence-corrected chi connectivity index (χ3v) is 5.58. The maximum absolute atomic E-state index is 13.1. The van der Waals surface area contributed by atoms with Crippen LogP contribution in [0.1, 0.15) is 22.8 Å². The van der Waals surface area contributed by atoms with Gasteiger partial charge < -0.3 is 19.3 Å². The van der Waals surface area contributed by atoms with E-state index in [-0.39, 0.29) is 23.0 Å². The molecule has 0 bridgehead atoms. The lowest BCUT2D eigenvalue weighted by Gasteiger charge is -2.18. The number of carbonyl (C=O) groups excluding carboxylic acids is 1. The van der Waals surface area contributed by atoms with Gasteiger partial charge in [-0.2, -0.15) is 0 Å². The van der Waals surface area contributed by atoms with Gasteiger partial charge in [-0.1, -0.05) is 42.2 Å². The van der Waals surface area contributed by atoms with Gasteiger partial charge in [-0.05, 0) is 36.8 Å². The molecule has 3 rings (SSSR count). The second kappa shape index (κ2) is 9.19. The van der Waals surface area contributed by atoms with Gasteiger partial charge in [-0.3, -0.25) is 9.69 Å². The first-order valence-corrected chi connectivity index (χ1v) is 10.1. The quantitative estimate of drug-likeness (QED) is 0.501. The maximum atomic E-state index is 13.1. The second-order valence-corrected chi connectivity index (χ2v) is 7.66. The van der Waals surface area contributed by atoms with Crippen molar-refractivity contribution < 1.29 is 28.9 Å². The Bertz CT molecular complexity index is 1050. The lowest BCUT2D eigenvalue weighted by atomic mass is 10.0. The molecule has 156 valence electrons. The van der Waals surface area contributed by atoms with E-state index in [0.717, 1.165) is 11.8 Å². The van der Waals surface area contributed by atoms with Gasteiger partial charge in [-0.25, -0.2) is 4.79 Å². The van der Waals surface area contributed by atoms with Gasteiger partial charge in [0.15, 0.2) is 15.8 Å². The summed E-state index contributed by atoms with van der Waals surface area (Å²) in [4.78, 5) is 26.7. The van der Waals surface area contributed by atoms with Crippen molar-refractivity contribution in [1.29, 1.82) is 0 Å². The van der Waals surface area contributed by atoms with Gasteiger partial charge >= 0.3 is 5.97 Å². The normalized spacial score (nSPS) is 14.9. The van der Waals surface area contributed by atoms with Crippen LogP contribution in [0.4, 0.5) is 5.69 Å². The number of hydrogen-bond acceptors (Lipinski definition) is 7. The number of thiocarbonyl (C=S) groups is 1. The number of amides is 1. The number of nitrogens with zero attached hydrogens (tertiary/aromatic N) is 1. The number of rotatable bonds is 7. The van der Waals surface area contributed by atoms with Crippen molar-refractivity contribution in [2.24, 2.45) is 0 Å². The monoisotopic (exact) mass is 445 g/mol. The topological polar surface area (TPSA) is 85.3 Å². The minimum Gasteiger partial charge on any atom is -0.493 e. The van der Waals surface area contributed by atoms with Crippen LogP contribution in [0.15, 0.2) is 41.3 Å². The molecule has 1 aliphatic heterocycles. The summed E-state index contributed by atoms with van der Waals surface area (Å²) in [5, 5.41) is 9.71. The Morgan fingerprint density at radius 1 is 1.17 bits per heavy atom.